The van der Waals surface area contributed by atoms with Gasteiger partial charge in [0.05, 0.1) is 6.10 Å². The van der Waals surface area contributed by atoms with Crippen LogP contribution >= 0.6 is 24.2 Å². The Labute approximate surface area is 98.1 Å². The highest BCUT2D eigenvalue weighted by Gasteiger charge is 2.20. The van der Waals surface area contributed by atoms with Gasteiger partial charge in [0, 0.05) is 16.3 Å². The van der Waals surface area contributed by atoms with Crippen LogP contribution in [0.4, 0.5) is 0 Å². The molecule has 5 heteroatoms. The molecule has 0 spiro atoms. The maximum Gasteiger partial charge on any atom is 0.150 e. The van der Waals surface area contributed by atoms with Crippen molar-refractivity contribution in [2.24, 2.45) is 0 Å². The van der Waals surface area contributed by atoms with Gasteiger partial charge in [-0.3, -0.25) is 4.79 Å². The Hall–Kier alpha value is -0.550. The monoisotopic (exact) mass is 246 g/mol. The van der Waals surface area contributed by atoms with Crippen molar-refractivity contribution in [3.63, 3.8) is 0 Å². The fourth-order valence-corrected chi connectivity index (χ4v) is 1.60. The summed E-state index contributed by atoms with van der Waals surface area (Å²) in [5, 5.41) is 19.5. The standard InChI is InChI=1S/C10H11ClO3S/c11-7-2-1-6(4-12)8(3-7)10(14)9(13)5-15/h1-4,9-10,13-15H,5H2. The molecule has 1 aromatic carbocycles. The van der Waals surface area contributed by atoms with Gasteiger partial charge in [-0.25, -0.2) is 0 Å². The fourth-order valence-electron chi connectivity index (χ4n) is 1.22. The van der Waals surface area contributed by atoms with Gasteiger partial charge in [0.2, 0.25) is 0 Å². The molecule has 0 aromatic heterocycles. The molecule has 0 saturated carbocycles. The Morgan fingerprint density at radius 1 is 1.47 bits per heavy atom. The van der Waals surface area contributed by atoms with Crippen molar-refractivity contribution in [1.82, 2.24) is 0 Å². The van der Waals surface area contributed by atoms with E-state index in [0.29, 0.717) is 22.4 Å². The lowest BCUT2D eigenvalue weighted by molar-refractivity contribution is 0.0333. The Morgan fingerprint density at radius 3 is 2.67 bits per heavy atom. The second-order valence-electron chi connectivity index (χ2n) is 3.09. The van der Waals surface area contributed by atoms with Gasteiger partial charge >= 0.3 is 0 Å². The smallest absolute Gasteiger partial charge is 0.150 e. The van der Waals surface area contributed by atoms with Gasteiger partial charge in [-0.15, -0.1) is 0 Å². The summed E-state index contributed by atoms with van der Waals surface area (Å²) in [6, 6.07) is 4.51. The number of hydrogen-bond acceptors (Lipinski definition) is 4. The zero-order valence-electron chi connectivity index (χ0n) is 7.80. The first kappa shape index (κ1) is 12.5. The molecule has 15 heavy (non-hydrogen) atoms. The van der Waals surface area contributed by atoms with E-state index in [0.717, 1.165) is 0 Å². The summed E-state index contributed by atoms with van der Waals surface area (Å²) in [4.78, 5) is 10.7. The first-order chi connectivity index (χ1) is 7.10. The van der Waals surface area contributed by atoms with Gasteiger partial charge in [0.25, 0.3) is 0 Å². The van der Waals surface area contributed by atoms with Gasteiger partial charge in [0.1, 0.15) is 12.4 Å². The Balaban J connectivity index is 3.10. The molecule has 0 bridgehead atoms. The van der Waals surface area contributed by atoms with E-state index in [2.05, 4.69) is 12.6 Å². The highest BCUT2D eigenvalue weighted by atomic mass is 35.5. The van der Waals surface area contributed by atoms with Crippen LogP contribution < -0.4 is 0 Å². The summed E-state index contributed by atoms with van der Waals surface area (Å²) in [5.74, 6) is 0.103. The van der Waals surface area contributed by atoms with Crippen LogP contribution in [0.1, 0.15) is 22.0 Å². The zero-order chi connectivity index (χ0) is 11.4. The van der Waals surface area contributed by atoms with Gasteiger partial charge in [-0.2, -0.15) is 12.6 Å². The number of aliphatic hydroxyl groups is 2. The second kappa shape index (κ2) is 5.51. The highest BCUT2D eigenvalue weighted by molar-refractivity contribution is 7.80. The molecule has 82 valence electrons. The highest BCUT2D eigenvalue weighted by Crippen LogP contribution is 2.24. The van der Waals surface area contributed by atoms with Crippen LogP contribution in [0, 0.1) is 0 Å². The van der Waals surface area contributed by atoms with Crippen molar-refractivity contribution in [3.05, 3.63) is 34.3 Å². The van der Waals surface area contributed by atoms with E-state index in [1.165, 1.54) is 12.1 Å². The normalized spacial score (nSPS) is 14.7. The number of aliphatic hydroxyl groups excluding tert-OH is 2. The van der Waals surface area contributed by atoms with Crippen LogP contribution in [-0.2, 0) is 0 Å². The maximum absolute atomic E-state index is 10.7. The summed E-state index contributed by atoms with van der Waals surface area (Å²) >= 11 is 9.60. The quantitative estimate of drug-likeness (QED) is 0.557. The van der Waals surface area contributed by atoms with Crippen molar-refractivity contribution in [3.8, 4) is 0 Å². The molecule has 1 aromatic rings. The number of aldehydes is 1. The summed E-state index contributed by atoms with van der Waals surface area (Å²) in [6.07, 6.45) is -1.56. The van der Waals surface area contributed by atoms with E-state index >= 15 is 0 Å². The van der Waals surface area contributed by atoms with Crippen LogP contribution in [-0.4, -0.2) is 28.4 Å². The van der Waals surface area contributed by atoms with Crippen molar-refractivity contribution < 1.29 is 15.0 Å². The van der Waals surface area contributed by atoms with Gasteiger partial charge in [-0.1, -0.05) is 11.6 Å². The van der Waals surface area contributed by atoms with E-state index in [9.17, 15) is 15.0 Å². The molecule has 0 saturated heterocycles. The summed E-state index contributed by atoms with van der Waals surface area (Å²) in [6.45, 7) is 0. The average molecular weight is 247 g/mol. The van der Waals surface area contributed by atoms with E-state index in [-0.39, 0.29) is 5.75 Å². The number of benzene rings is 1. The van der Waals surface area contributed by atoms with Crippen molar-refractivity contribution in [1.29, 1.82) is 0 Å². The third-order valence-electron chi connectivity index (χ3n) is 2.05. The Morgan fingerprint density at radius 2 is 2.13 bits per heavy atom. The van der Waals surface area contributed by atoms with Gasteiger partial charge < -0.3 is 10.2 Å². The van der Waals surface area contributed by atoms with Gasteiger partial charge in [-0.05, 0) is 23.8 Å². The SMILES string of the molecule is O=Cc1ccc(Cl)cc1C(O)C(O)CS. The number of carbonyl (C=O) groups excluding carboxylic acids is 1. The van der Waals surface area contributed by atoms with Crippen molar-refractivity contribution in [2.45, 2.75) is 12.2 Å². The van der Waals surface area contributed by atoms with E-state index < -0.39 is 12.2 Å². The molecular weight excluding hydrogens is 236 g/mol. The van der Waals surface area contributed by atoms with Crippen LogP contribution in [0.2, 0.25) is 5.02 Å². The third-order valence-corrected chi connectivity index (χ3v) is 2.66. The number of thiol groups is 1. The number of rotatable bonds is 4. The average Bonchev–Trinajstić information content (AvgIpc) is 2.27. The minimum absolute atomic E-state index is 0.103. The molecule has 2 N–H and O–H groups in total. The molecule has 0 aliphatic carbocycles. The number of hydrogen-bond donors (Lipinski definition) is 3. The van der Waals surface area contributed by atoms with Crippen molar-refractivity contribution in [2.75, 3.05) is 5.75 Å². The molecule has 0 aliphatic rings. The molecule has 0 heterocycles. The number of halogens is 1. The van der Waals surface area contributed by atoms with E-state index in [4.69, 9.17) is 11.6 Å². The molecular formula is C10H11ClO3S. The molecule has 2 atom stereocenters. The zero-order valence-corrected chi connectivity index (χ0v) is 9.45. The first-order valence-corrected chi connectivity index (χ1v) is 5.32. The van der Waals surface area contributed by atoms with Crippen LogP contribution in [0.15, 0.2) is 18.2 Å². The van der Waals surface area contributed by atoms with E-state index in [1.54, 1.807) is 6.07 Å². The minimum Gasteiger partial charge on any atom is -0.389 e. The lowest BCUT2D eigenvalue weighted by Crippen LogP contribution is -2.20. The first-order valence-electron chi connectivity index (χ1n) is 4.31. The summed E-state index contributed by atoms with van der Waals surface area (Å²) in [7, 11) is 0. The topological polar surface area (TPSA) is 57.5 Å². The van der Waals surface area contributed by atoms with Gasteiger partial charge in [0.15, 0.2) is 0 Å². The molecule has 2 unspecified atom stereocenters. The molecule has 1 rings (SSSR count). The lowest BCUT2D eigenvalue weighted by Gasteiger charge is -2.17. The molecule has 0 amide bonds. The number of carbonyl (C=O) groups is 1. The maximum atomic E-state index is 10.7. The Kier molecular flexibility index (Phi) is 4.60. The van der Waals surface area contributed by atoms with E-state index in [1.807, 2.05) is 0 Å². The Bertz CT molecular complexity index is 357. The molecule has 0 fully saturated rings. The third kappa shape index (κ3) is 2.95. The lowest BCUT2D eigenvalue weighted by atomic mass is 10.00. The molecule has 3 nitrogen and oxygen atoms in total. The summed E-state index contributed by atoms with van der Waals surface area (Å²) in [5.41, 5.74) is 0.631. The molecule has 0 radical (unpaired) electrons. The largest absolute Gasteiger partial charge is 0.389 e. The fraction of sp³-hybridized carbons (Fsp3) is 0.300. The van der Waals surface area contributed by atoms with Crippen LogP contribution in [0.5, 0.6) is 0 Å². The van der Waals surface area contributed by atoms with Crippen LogP contribution in [0.3, 0.4) is 0 Å². The molecule has 0 aliphatic heterocycles. The predicted octanol–water partition coefficient (Wildman–Crippen LogP) is 1.48. The van der Waals surface area contributed by atoms with Crippen LogP contribution in [0.25, 0.3) is 0 Å². The predicted molar refractivity (Wildman–Crippen MR) is 61.7 cm³/mol. The minimum atomic E-state index is -1.15. The summed E-state index contributed by atoms with van der Waals surface area (Å²) < 4.78 is 0. The second-order valence-corrected chi connectivity index (χ2v) is 3.89. The van der Waals surface area contributed by atoms with Crippen molar-refractivity contribution >= 4 is 30.5 Å².